The van der Waals surface area contributed by atoms with Crippen LogP contribution in [0.1, 0.15) is 76.3 Å². The molecular formula is C28H37N7O2. The molecule has 4 heterocycles. The van der Waals surface area contributed by atoms with Crippen molar-refractivity contribution in [3.63, 3.8) is 0 Å². The summed E-state index contributed by atoms with van der Waals surface area (Å²) in [6.45, 7) is 0. The second-order valence-electron chi connectivity index (χ2n) is 10.5. The van der Waals surface area contributed by atoms with Gasteiger partial charge < -0.3 is 9.47 Å². The van der Waals surface area contributed by atoms with Crippen LogP contribution in [-0.4, -0.2) is 42.7 Å². The van der Waals surface area contributed by atoms with Gasteiger partial charge in [0, 0.05) is 51.7 Å². The fourth-order valence-corrected chi connectivity index (χ4v) is 5.96. The topological polar surface area (TPSA) is 90.8 Å². The van der Waals surface area contributed by atoms with Crippen molar-refractivity contribution in [1.29, 1.82) is 0 Å². The van der Waals surface area contributed by atoms with Crippen molar-refractivity contribution < 1.29 is 0 Å². The third-order valence-corrected chi connectivity index (χ3v) is 7.94. The summed E-state index contributed by atoms with van der Waals surface area (Å²) in [7, 11) is 5.90. The standard InChI is InChI=1S/C18H23N5O.C10H14N2O/c1-21(2)13-9-10-19-17-14(13)15-16(22(17)3)18(24)23(11-20-15)12-7-5-4-6-8-12;13-10-6-7-11-8-12(10)9-4-2-1-3-5-9/h9-12H,4-8H2,1-3H3;6-9H,1-5H2. The molecule has 2 aliphatic rings. The van der Waals surface area contributed by atoms with Crippen LogP contribution < -0.4 is 16.0 Å². The lowest BCUT2D eigenvalue weighted by Gasteiger charge is -2.23. The number of pyridine rings is 1. The Kier molecular flexibility index (Phi) is 7.39. The third kappa shape index (κ3) is 4.91. The summed E-state index contributed by atoms with van der Waals surface area (Å²) < 4.78 is 5.52. The first kappa shape index (κ1) is 25.2. The summed E-state index contributed by atoms with van der Waals surface area (Å²) in [6.07, 6.45) is 18.6. The van der Waals surface area contributed by atoms with E-state index in [-0.39, 0.29) is 17.2 Å². The Morgan fingerprint density at radius 1 is 0.811 bits per heavy atom. The molecule has 4 aromatic heterocycles. The smallest absolute Gasteiger partial charge is 0.278 e. The number of aryl methyl sites for hydroxylation is 1. The number of aromatic nitrogens is 6. The van der Waals surface area contributed by atoms with E-state index in [9.17, 15) is 9.59 Å². The van der Waals surface area contributed by atoms with Crippen LogP contribution in [0.4, 0.5) is 5.69 Å². The van der Waals surface area contributed by atoms with Crippen molar-refractivity contribution in [3.8, 4) is 0 Å². The molecule has 0 saturated heterocycles. The number of anilines is 1. The molecule has 2 aliphatic carbocycles. The number of hydrogen-bond acceptors (Lipinski definition) is 6. The fraction of sp³-hybridized carbons (Fsp3) is 0.536. The van der Waals surface area contributed by atoms with E-state index in [1.54, 1.807) is 29.6 Å². The van der Waals surface area contributed by atoms with Crippen molar-refractivity contribution in [2.45, 2.75) is 76.3 Å². The number of fused-ring (bicyclic) bond motifs is 3. The first-order chi connectivity index (χ1) is 18.0. The van der Waals surface area contributed by atoms with Crippen LogP contribution in [0.2, 0.25) is 0 Å². The summed E-state index contributed by atoms with van der Waals surface area (Å²) in [5.74, 6) is 0. The zero-order chi connectivity index (χ0) is 25.9. The maximum absolute atomic E-state index is 13.2. The highest BCUT2D eigenvalue weighted by molar-refractivity contribution is 6.10. The molecule has 196 valence electrons. The summed E-state index contributed by atoms with van der Waals surface area (Å²) in [5.41, 5.74) is 3.38. The van der Waals surface area contributed by atoms with Crippen molar-refractivity contribution in [2.24, 2.45) is 7.05 Å². The Labute approximate surface area is 216 Å². The van der Waals surface area contributed by atoms with Crippen molar-refractivity contribution in [2.75, 3.05) is 19.0 Å². The van der Waals surface area contributed by atoms with E-state index in [1.807, 2.05) is 41.2 Å². The lowest BCUT2D eigenvalue weighted by molar-refractivity contribution is 0.343. The van der Waals surface area contributed by atoms with Gasteiger partial charge in [-0.2, -0.15) is 0 Å². The highest BCUT2D eigenvalue weighted by Crippen LogP contribution is 2.32. The average molecular weight is 504 g/mol. The lowest BCUT2D eigenvalue weighted by Crippen LogP contribution is -2.27. The minimum absolute atomic E-state index is 0.0529. The minimum Gasteiger partial charge on any atom is -0.377 e. The average Bonchev–Trinajstić information content (AvgIpc) is 3.23. The molecule has 2 saturated carbocycles. The van der Waals surface area contributed by atoms with Crippen LogP contribution in [0.3, 0.4) is 0 Å². The van der Waals surface area contributed by atoms with Crippen LogP contribution >= 0.6 is 0 Å². The predicted molar refractivity (Wildman–Crippen MR) is 147 cm³/mol. The zero-order valence-electron chi connectivity index (χ0n) is 22.1. The molecule has 0 amide bonds. The Morgan fingerprint density at radius 3 is 2.08 bits per heavy atom. The molecule has 0 N–H and O–H groups in total. The van der Waals surface area contributed by atoms with Crippen molar-refractivity contribution >= 4 is 27.8 Å². The third-order valence-electron chi connectivity index (χ3n) is 7.94. The molecule has 0 radical (unpaired) electrons. The van der Waals surface area contributed by atoms with Crippen LogP contribution in [0.5, 0.6) is 0 Å². The molecule has 0 unspecified atom stereocenters. The van der Waals surface area contributed by atoms with Crippen LogP contribution in [0.15, 0.2) is 46.8 Å². The van der Waals surface area contributed by atoms with Crippen LogP contribution in [0.25, 0.3) is 22.1 Å². The Morgan fingerprint density at radius 2 is 1.46 bits per heavy atom. The molecule has 0 aliphatic heterocycles. The first-order valence-corrected chi connectivity index (χ1v) is 13.5. The predicted octanol–water partition coefficient (Wildman–Crippen LogP) is 4.60. The Hall–Kier alpha value is -3.49. The molecule has 0 aromatic carbocycles. The zero-order valence-corrected chi connectivity index (χ0v) is 22.1. The van der Waals surface area contributed by atoms with Gasteiger partial charge in [-0.3, -0.25) is 18.7 Å². The summed E-state index contributed by atoms with van der Waals surface area (Å²) in [5, 5.41) is 0.952. The van der Waals surface area contributed by atoms with Gasteiger partial charge in [0.2, 0.25) is 0 Å². The Balaban J connectivity index is 0.000000182. The maximum atomic E-state index is 13.2. The molecule has 37 heavy (non-hydrogen) atoms. The second kappa shape index (κ2) is 10.9. The van der Waals surface area contributed by atoms with Gasteiger partial charge in [-0.05, 0) is 31.7 Å². The molecule has 2 fully saturated rings. The van der Waals surface area contributed by atoms with Crippen LogP contribution in [-0.2, 0) is 7.05 Å². The van der Waals surface area contributed by atoms with Crippen molar-refractivity contribution in [1.82, 2.24) is 28.7 Å². The minimum atomic E-state index is 0.0529. The van der Waals surface area contributed by atoms with E-state index in [4.69, 9.17) is 0 Å². The maximum Gasteiger partial charge on any atom is 0.278 e. The van der Waals surface area contributed by atoms with Gasteiger partial charge in [-0.1, -0.05) is 38.5 Å². The summed E-state index contributed by atoms with van der Waals surface area (Å²) in [4.78, 5) is 39.8. The van der Waals surface area contributed by atoms with E-state index in [1.165, 1.54) is 44.6 Å². The van der Waals surface area contributed by atoms with E-state index in [0.29, 0.717) is 11.6 Å². The van der Waals surface area contributed by atoms with E-state index >= 15 is 0 Å². The van der Waals surface area contributed by atoms with Crippen molar-refractivity contribution in [3.05, 3.63) is 57.9 Å². The van der Waals surface area contributed by atoms with E-state index in [0.717, 1.165) is 47.9 Å². The number of nitrogens with zero attached hydrogens (tertiary/aromatic N) is 7. The molecule has 4 aromatic rings. The lowest BCUT2D eigenvalue weighted by atomic mass is 9.95. The first-order valence-electron chi connectivity index (χ1n) is 13.5. The van der Waals surface area contributed by atoms with E-state index < -0.39 is 0 Å². The number of hydrogen-bond donors (Lipinski definition) is 0. The summed E-state index contributed by atoms with van der Waals surface area (Å²) in [6, 6.07) is 4.18. The Bertz CT molecular complexity index is 1490. The van der Waals surface area contributed by atoms with Gasteiger partial charge >= 0.3 is 0 Å². The molecule has 0 atom stereocenters. The molecular weight excluding hydrogens is 466 g/mol. The number of rotatable bonds is 3. The molecule has 9 heteroatoms. The molecule has 9 nitrogen and oxygen atoms in total. The highest BCUT2D eigenvalue weighted by Gasteiger charge is 2.22. The largest absolute Gasteiger partial charge is 0.377 e. The second-order valence-corrected chi connectivity index (χ2v) is 10.5. The van der Waals surface area contributed by atoms with Gasteiger partial charge in [0.15, 0.2) is 0 Å². The molecule has 0 bridgehead atoms. The van der Waals surface area contributed by atoms with Gasteiger partial charge in [-0.15, -0.1) is 0 Å². The van der Waals surface area contributed by atoms with E-state index in [2.05, 4.69) is 15.0 Å². The fourth-order valence-electron chi connectivity index (χ4n) is 5.96. The highest BCUT2D eigenvalue weighted by atomic mass is 16.1. The summed E-state index contributed by atoms with van der Waals surface area (Å²) >= 11 is 0. The van der Waals surface area contributed by atoms with Gasteiger partial charge in [0.25, 0.3) is 11.1 Å². The van der Waals surface area contributed by atoms with Gasteiger partial charge in [-0.25, -0.2) is 15.0 Å². The van der Waals surface area contributed by atoms with Gasteiger partial charge in [0.05, 0.1) is 23.7 Å². The quantitative estimate of drug-likeness (QED) is 0.406. The normalized spacial score (nSPS) is 17.1. The monoisotopic (exact) mass is 503 g/mol. The SMILES string of the molecule is CN(C)c1ccnc2c1c1ncn(C3CCCCC3)c(=O)c1n2C.O=c1ccncn1C1CCCCC1. The molecule has 6 rings (SSSR count). The molecule has 0 spiro atoms. The van der Waals surface area contributed by atoms with Crippen LogP contribution in [0, 0.1) is 0 Å². The van der Waals surface area contributed by atoms with Gasteiger partial charge in [0.1, 0.15) is 16.7 Å².